The van der Waals surface area contributed by atoms with Crippen LogP contribution < -0.4 is 0 Å². The lowest BCUT2D eigenvalue weighted by Crippen LogP contribution is -2.49. The van der Waals surface area contributed by atoms with Crippen molar-refractivity contribution >= 4 is 26.5 Å². The smallest absolute Gasteiger partial charge is 0.192 e. The molecule has 1 aromatic rings. The van der Waals surface area contributed by atoms with Crippen LogP contribution in [0.1, 0.15) is 80.6 Å². The van der Waals surface area contributed by atoms with Crippen LogP contribution in [0.15, 0.2) is 47.4 Å². The molecule has 2 aliphatic rings. The van der Waals surface area contributed by atoms with Crippen molar-refractivity contribution in [3.63, 3.8) is 0 Å². The monoisotopic (exact) mass is 740 g/mol. The Morgan fingerprint density at radius 3 is 2.14 bits per heavy atom. The van der Waals surface area contributed by atoms with Gasteiger partial charge in [0.15, 0.2) is 26.5 Å². The highest BCUT2D eigenvalue weighted by Crippen LogP contribution is 2.43. The molecule has 3 rings (SSSR count). The summed E-state index contributed by atoms with van der Waals surface area (Å²) in [6.45, 7) is 29.6. The van der Waals surface area contributed by atoms with E-state index in [4.69, 9.17) is 23.1 Å². The summed E-state index contributed by atoms with van der Waals surface area (Å²) in [5, 5.41) is 9.51. The van der Waals surface area contributed by atoms with E-state index in [1.807, 2.05) is 6.07 Å². The van der Waals surface area contributed by atoms with E-state index in [1.165, 1.54) is 0 Å². The highest BCUT2D eigenvalue weighted by molar-refractivity contribution is 7.91. The van der Waals surface area contributed by atoms with Crippen LogP contribution in [0, 0.1) is 11.8 Å². The van der Waals surface area contributed by atoms with Crippen molar-refractivity contribution in [3.8, 4) is 0 Å². The molecule has 1 N–H and O–H groups in total. The van der Waals surface area contributed by atoms with Crippen molar-refractivity contribution in [2.45, 2.75) is 158 Å². The molecule has 49 heavy (non-hydrogen) atoms. The van der Waals surface area contributed by atoms with E-state index in [2.05, 4.69) is 81.2 Å². The average molecular weight is 741 g/mol. The maximum atomic E-state index is 13.9. The first-order chi connectivity index (χ1) is 22.5. The maximum absolute atomic E-state index is 13.9. The number of aliphatic hydroxyl groups excluding tert-OH is 1. The SMILES string of the molecule is C=C1C(C[C@@H]2OC(CC(CO[Si](C)(C)C(C)(C)C)O[Si](C)(C)C(C)(C)C)[C@H](OC)[C@H]2CS(=O)(=O)c2ccccc2)OC(CCCO)C[C@H]1C. The van der Waals surface area contributed by atoms with Gasteiger partial charge in [0.1, 0.15) is 0 Å². The van der Waals surface area contributed by atoms with Crippen LogP contribution in [0.2, 0.25) is 36.3 Å². The largest absolute Gasteiger partial charge is 0.414 e. The van der Waals surface area contributed by atoms with Gasteiger partial charge in [-0.3, -0.25) is 0 Å². The number of aliphatic hydroxyl groups is 1. The van der Waals surface area contributed by atoms with Crippen molar-refractivity contribution in [2.75, 3.05) is 26.1 Å². The normalized spacial score (nSPS) is 28.2. The Balaban J connectivity index is 1.97. The van der Waals surface area contributed by atoms with Crippen LogP contribution in [0.4, 0.5) is 0 Å². The number of hydrogen-bond donors (Lipinski definition) is 1. The molecule has 0 saturated carbocycles. The van der Waals surface area contributed by atoms with Crippen molar-refractivity contribution in [3.05, 3.63) is 42.5 Å². The van der Waals surface area contributed by atoms with Gasteiger partial charge in [-0.2, -0.15) is 0 Å². The zero-order valence-electron chi connectivity index (χ0n) is 32.6. The quantitative estimate of drug-likeness (QED) is 0.134. The van der Waals surface area contributed by atoms with Gasteiger partial charge in [0.05, 0.1) is 53.9 Å². The van der Waals surface area contributed by atoms with Crippen molar-refractivity contribution in [2.24, 2.45) is 11.8 Å². The minimum absolute atomic E-state index is 0.00378. The molecule has 2 heterocycles. The first kappa shape index (κ1) is 42.5. The number of hydrogen-bond acceptors (Lipinski definition) is 8. The van der Waals surface area contributed by atoms with Gasteiger partial charge in [-0.25, -0.2) is 8.42 Å². The molecule has 0 radical (unpaired) electrons. The fourth-order valence-electron chi connectivity index (χ4n) is 6.50. The number of ether oxygens (including phenoxy) is 3. The molecule has 8 nitrogen and oxygen atoms in total. The molecule has 0 aromatic heterocycles. The minimum Gasteiger partial charge on any atom is -0.414 e. The second kappa shape index (κ2) is 16.8. The highest BCUT2D eigenvalue weighted by Gasteiger charge is 2.50. The summed E-state index contributed by atoms with van der Waals surface area (Å²) in [6, 6.07) is 8.64. The van der Waals surface area contributed by atoms with Crippen LogP contribution in [-0.4, -0.2) is 92.9 Å². The third-order valence-corrected chi connectivity index (χ3v) is 22.6. The highest BCUT2D eigenvalue weighted by atomic mass is 32.2. The van der Waals surface area contributed by atoms with Gasteiger partial charge in [-0.15, -0.1) is 0 Å². The van der Waals surface area contributed by atoms with Gasteiger partial charge >= 0.3 is 0 Å². The van der Waals surface area contributed by atoms with Gasteiger partial charge in [0.25, 0.3) is 0 Å². The summed E-state index contributed by atoms with van der Waals surface area (Å²) in [5.41, 5.74) is 1.01. The Morgan fingerprint density at radius 1 is 0.980 bits per heavy atom. The summed E-state index contributed by atoms with van der Waals surface area (Å²) in [6.07, 6.45) is 1.49. The third kappa shape index (κ3) is 11.1. The van der Waals surface area contributed by atoms with Gasteiger partial charge < -0.3 is 28.2 Å². The van der Waals surface area contributed by atoms with E-state index in [-0.39, 0.29) is 46.7 Å². The molecule has 2 saturated heterocycles. The summed E-state index contributed by atoms with van der Waals surface area (Å²) in [7, 11) is -6.28. The summed E-state index contributed by atoms with van der Waals surface area (Å²) >= 11 is 0. The molecule has 1 aromatic carbocycles. The molecule has 0 aliphatic carbocycles. The number of methoxy groups -OCH3 is 1. The fourth-order valence-corrected chi connectivity index (χ4v) is 10.6. The first-order valence-corrected chi connectivity index (χ1v) is 25.7. The molecule has 0 amide bonds. The third-order valence-electron chi connectivity index (χ3n) is 11.8. The topological polar surface area (TPSA) is 101 Å². The second-order valence-corrected chi connectivity index (χ2v) is 29.1. The van der Waals surface area contributed by atoms with Gasteiger partial charge in [0.2, 0.25) is 0 Å². The molecule has 8 atom stereocenters. The van der Waals surface area contributed by atoms with Crippen LogP contribution in [0.3, 0.4) is 0 Å². The van der Waals surface area contributed by atoms with Crippen LogP contribution in [-0.2, 0) is 32.9 Å². The lowest BCUT2D eigenvalue weighted by atomic mass is 9.83. The zero-order chi connectivity index (χ0) is 37.0. The molecule has 4 unspecified atom stereocenters. The van der Waals surface area contributed by atoms with Crippen LogP contribution >= 0.6 is 0 Å². The van der Waals surface area contributed by atoms with Crippen LogP contribution in [0.25, 0.3) is 0 Å². The zero-order valence-corrected chi connectivity index (χ0v) is 35.4. The van der Waals surface area contributed by atoms with E-state index in [9.17, 15) is 13.5 Å². The first-order valence-electron chi connectivity index (χ1n) is 18.3. The Labute approximate surface area is 300 Å². The van der Waals surface area contributed by atoms with Gasteiger partial charge in [-0.1, -0.05) is 73.2 Å². The molecule has 2 aliphatic heterocycles. The summed E-state index contributed by atoms with van der Waals surface area (Å²) in [5.74, 6) is -0.285. The van der Waals surface area contributed by atoms with Gasteiger partial charge in [0, 0.05) is 32.5 Å². The van der Waals surface area contributed by atoms with Crippen molar-refractivity contribution in [1.29, 1.82) is 0 Å². The Hall–Kier alpha value is -0.896. The Kier molecular flexibility index (Phi) is 14.6. The lowest BCUT2D eigenvalue weighted by Gasteiger charge is -2.42. The molecular weight excluding hydrogens is 673 g/mol. The minimum atomic E-state index is -3.65. The molecule has 11 heteroatoms. The summed E-state index contributed by atoms with van der Waals surface area (Å²) in [4.78, 5) is 0.296. The second-order valence-electron chi connectivity index (χ2n) is 17.5. The molecule has 0 spiro atoms. The molecule has 282 valence electrons. The molecular formula is C38H68O8SSi2. The maximum Gasteiger partial charge on any atom is 0.192 e. The predicted octanol–water partition coefficient (Wildman–Crippen LogP) is 8.17. The standard InChI is InChI=1S/C38H68O8SSi2/c1-27-22-29(18-17-21-39)44-33(28(27)2)24-34-32(26-47(40,41)31-19-15-14-16-20-31)36(42-9)35(45-34)23-30(46-49(12,13)38(6,7)8)25-43-48(10,11)37(3,4)5/h14-16,19-20,27,29-30,32-36,39H,2,17-18,21-26H2,1,3-13H3/t27-,29?,30?,32+,33?,34+,35?,36-/m1/s1. The van der Waals surface area contributed by atoms with Crippen molar-refractivity contribution in [1.82, 2.24) is 0 Å². The molecule has 2 fully saturated rings. The number of rotatable bonds is 16. The van der Waals surface area contributed by atoms with E-state index in [0.29, 0.717) is 30.8 Å². The Morgan fingerprint density at radius 2 is 1.59 bits per heavy atom. The number of benzene rings is 1. The fraction of sp³-hybridized carbons (Fsp3) is 0.789. The Bertz CT molecular complexity index is 1300. The van der Waals surface area contributed by atoms with Gasteiger partial charge in [-0.05, 0) is 79.2 Å². The lowest BCUT2D eigenvalue weighted by molar-refractivity contribution is -0.0760. The predicted molar refractivity (Wildman–Crippen MR) is 204 cm³/mol. The van der Waals surface area contributed by atoms with E-state index >= 15 is 0 Å². The van der Waals surface area contributed by atoms with E-state index in [0.717, 1.165) is 18.4 Å². The summed E-state index contributed by atoms with van der Waals surface area (Å²) < 4.78 is 61.3. The van der Waals surface area contributed by atoms with Crippen molar-refractivity contribution < 1.29 is 36.6 Å². The van der Waals surface area contributed by atoms with Crippen LogP contribution in [0.5, 0.6) is 0 Å². The van der Waals surface area contributed by atoms with E-state index in [1.54, 1.807) is 31.4 Å². The number of sulfone groups is 1. The van der Waals surface area contributed by atoms with E-state index < -0.39 is 50.7 Å². The molecule has 0 bridgehead atoms. The average Bonchev–Trinajstić information content (AvgIpc) is 3.30.